The van der Waals surface area contributed by atoms with Crippen LogP contribution in [0.1, 0.15) is 25.7 Å². The lowest BCUT2D eigenvalue weighted by Gasteiger charge is -2.33. The number of fused-ring (bicyclic) bond motifs is 1. The normalized spacial score (nSPS) is 20.0. The molecule has 5 heteroatoms. The van der Waals surface area contributed by atoms with Gasteiger partial charge in [-0.2, -0.15) is 0 Å². The fraction of sp³-hybridized carbons (Fsp3) is 0.429. The highest BCUT2D eigenvalue weighted by molar-refractivity contribution is 5.84. The molecule has 0 spiro atoms. The lowest BCUT2D eigenvalue weighted by molar-refractivity contribution is -0.135. The molecule has 0 unspecified atom stereocenters. The van der Waals surface area contributed by atoms with E-state index in [1.54, 1.807) is 0 Å². The third kappa shape index (κ3) is 3.98. The van der Waals surface area contributed by atoms with E-state index in [4.69, 9.17) is 4.74 Å². The number of nitrogens with one attached hydrogen (secondary N) is 1. The molecule has 136 valence electrons. The van der Waals surface area contributed by atoms with Gasteiger partial charge in [-0.15, -0.1) is 0 Å². The van der Waals surface area contributed by atoms with Crippen molar-refractivity contribution in [2.45, 2.75) is 31.7 Å². The lowest BCUT2D eigenvalue weighted by Crippen LogP contribution is -2.50. The van der Waals surface area contributed by atoms with E-state index in [1.165, 1.54) is 0 Å². The topological polar surface area (TPSA) is 58.6 Å². The molecule has 1 aliphatic heterocycles. The second-order valence-electron chi connectivity index (χ2n) is 7.26. The summed E-state index contributed by atoms with van der Waals surface area (Å²) in [4.78, 5) is 26.3. The zero-order chi connectivity index (χ0) is 17.9. The molecule has 5 nitrogen and oxygen atoms in total. The van der Waals surface area contributed by atoms with Gasteiger partial charge in [0.1, 0.15) is 5.75 Å². The summed E-state index contributed by atoms with van der Waals surface area (Å²) in [5.41, 5.74) is 0. The van der Waals surface area contributed by atoms with Crippen molar-refractivity contribution in [1.29, 1.82) is 0 Å². The van der Waals surface area contributed by atoms with Crippen LogP contribution in [0.5, 0.6) is 5.75 Å². The molecule has 2 aromatic rings. The van der Waals surface area contributed by atoms with Crippen LogP contribution in [-0.2, 0) is 9.59 Å². The molecular weight excluding hydrogens is 328 g/mol. The average Bonchev–Trinajstić information content (AvgIpc) is 3.51. The highest BCUT2D eigenvalue weighted by Gasteiger charge is 2.35. The minimum absolute atomic E-state index is 0.00852. The van der Waals surface area contributed by atoms with Crippen LogP contribution >= 0.6 is 0 Å². The van der Waals surface area contributed by atoms with Crippen molar-refractivity contribution in [2.75, 3.05) is 19.7 Å². The fourth-order valence-corrected chi connectivity index (χ4v) is 3.56. The molecule has 1 saturated carbocycles. The van der Waals surface area contributed by atoms with Gasteiger partial charge < -0.3 is 15.0 Å². The number of benzene rings is 2. The Hall–Kier alpha value is -2.56. The minimum Gasteiger partial charge on any atom is -0.484 e. The summed E-state index contributed by atoms with van der Waals surface area (Å²) in [6.45, 7) is 1.43. The van der Waals surface area contributed by atoms with Gasteiger partial charge >= 0.3 is 0 Å². The largest absolute Gasteiger partial charge is 0.484 e. The second kappa shape index (κ2) is 7.36. The minimum atomic E-state index is -0.135. The van der Waals surface area contributed by atoms with Gasteiger partial charge in [0.05, 0.1) is 0 Å². The van der Waals surface area contributed by atoms with Crippen LogP contribution in [0.4, 0.5) is 0 Å². The Morgan fingerprint density at radius 3 is 2.69 bits per heavy atom. The number of ether oxygens (including phenoxy) is 1. The maximum Gasteiger partial charge on any atom is 0.258 e. The molecule has 1 N–H and O–H groups in total. The van der Waals surface area contributed by atoms with Crippen molar-refractivity contribution in [1.82, 2.24) is 10.2 Å². The Balaban J connectivity index is 1.28. The first kappa shape index (κ1) is 16.9. The molecule has 2 fully saturated rings. The van der Waals surface area contributed by atoms with Gasteiger partial charge in [0.2, 0.25) is 5.91 Å². The van der Waals surface area contributed by atoms with Crippen LogP contribution in [0.3, 0.4) is 0 Å². The Bertz CT molecular complexity index is 816. The molecular formula is C21H24N2O3. The SMILES string of the molecule is O=C(COc1ccc2ccccc2c1)N[C@@H]1CCCN(C(=O)C2CC2)C1. The van der Waals surface area contributed by atoms with Crippen molar-refractivity contribution in [3.05, 3.63) is 42.5 Å². The van der Waals surface area contributed by atoms with E-state index in [0.29, 0.717) is 12.3 Å². The molecule has 0 bridgehead atoms. The first-order chi connectivity index (χ1) is 12.7. The summed E-state index contributed by atoms with van der Waals surface area (Å²) < 4.78 is 5.65. The molecule has 1 atom stereocenters. The van der Waals surface area contributed by atoms with Gasteiger partial charge in [0.25, 0.3) is 5.91 Å². The Labute approximate surface area is 153 Å². The Morgan fingerprint density at radius 1 is 1.08 bits per heavy atom. The van der Waals surface area contributed by atoms with Gasteiger partial charge in [-0.25, -0.2) is 0 Å². The predicted molar refractivity (Wildman–Crippen MR) is 99.9 cm³/mol. The molecule has 1 heterocycles. The standard InChI is InChI=1S/C21H24N2O3/c24-20(14-26-19-10-9-15-4-1-2-5-17(15)12-19)22-18-6-3-11-23(13-18)21(25)16-7-8-16/h1-2,4-5,9-10,12,16,18H,3,6-8,11,13-14H2,(H,22,24)/t18-/m1/s1. The van der Waals surface area contributed by atoms with E-state index in [0.717, 1.165) is 43.0 Å². The highest BCUT2D eigenvalue weighted by Crippen LogP contribution is 2.31. The summed E-state index contributed by atoms with van der Waals surface area (Å²) in [6.07, 6.45) is 3.89. The number of hydrogen-bond acceptors (Lipinski definition) is 3. The summed E-state index contributed by atoms with van der Waals surface area (Å²) in [7, 11) is 0. The number of nitrogens with zero attached hydrogens (tertiary/aromatic N) is 1. The molecule has 1 saturated heterocycles. The zero-order valence-corrected chi connectivity index (χ0v) is 14.8. The van der Waals surface area contributed by atoms with Crippen LogP contribution in [-0.4, -0.2) is 42.5 Å². The quantitative estimate of drug-likeness (QED) is 0.900. The Morgan fingerprint density at radius 2 is 1.88 bits per heavy atom. The maximum absolute atomic E-state index is 12.2. The number of carbonyl (C=O) groups excluding carboxylic acids is 2. The van der Waals surface area contributed by atoms with Crippen molar-refractivity contribution in [3.63, 3.8) is 0 Å². The first-order valence-corrected chi connectivity index (χ1v) is 9.39. The van der Waals surface area contributed by atoms with Crippen molar-refractivity contribution < 1.29 is 14.3 Å². The summed E-state index contributed by atoms with van der Waals surface area (Å²) in [6, 6.07) is 13.9. The Kier molecular flexibility index (Phi) is 4.78. The number of rotatable bonds is 5. The maximum atomic E-state index is 12.2. The number of hydrogen-bond donors (Lipinski definition) is 1. The number of amides is 2. The number of carbonyl (C=O) groups is 2. The number of piperidine rings is 1. The monoisotopic (exact) mass is 352 g/mol. The van der Waals surface area contributed by atoms with Crippen LogP contribution < -0.4 is 10.1 Å². The van der Waals surface area contributed by atoms with Crippen LogP contribution in [0.25, 0.3) is 10.8 Å². The van der Waals surface area contributed by atoms with Gasteiger partial charge in [0.15, 0.2) is 6.61 Å². The highest BCUT2D eigenvalue weighted by atomic mass is 16.5. The summed E-state index contributed by atoms with van der Waals surface area (Å²) in [5, 5.41) is 5.25. The third-order valence-corrected chi connectivity index (χ3v) is 5.12. The van der Waals surface area contributed by atoms with Crippen LogP contribution in [0.15, 0.2) is 42.5 Å². The van der Waals surface area contributed by atoms with Gasteiger partial charge in [-0.3, -0.25) is 9.59 Å². The molecule has 2 amide bonds. The van der Waals surface area contributed by atoms with E-state index >= 15 is 0 Å². The fourth-order valence-electron chi connectivity index (χ4n) is 3.56. The van der Waals surface area contributed by atoms with E-state index in [1.807, 2.05) is 47.4 Å². The summed E-state index contributed by atoms with van der Waals surface area (Å²) in [5.74, 6) is 1.05. The van der Waals surface area contributed by atoms with Gasteiger partial charge in [0, 0.05) is 25.0 Å². The molecule has 0 aromatic heterocycles. The van der Waals surface area contributed by atoms with E-state index < -0.39 is 0 Å². The van der Waals surface area contributed by atoms with Crippen molar-refractivity contribution in [2.24, 2.45) is 5.92 Å². The molecule has 26 heavy (non-hydrogen) atoms. The van der Waals surface area contributed by atoms with Crippen LogP contribution in [0.2, 0.25) is 0 Å². The zero-order valence-electron chi connectivity index (χ0n) is 14.8. The average molecular weight is 352 g/mol. The number of likely N-dealkylation sites (tertiary alicyclic amines) is 1. The van der Waals surface area contributed by atoms with E-state index in [9.17, 15) is 9.59 Å². The predicted octanol–water partition coefficient (Wildman–Crippen LogP) is 2.74. The summed E-state index contributed by atoms with van der Waals surface area (Å²) >= 11 is 0. The van der Waals surface area contributed by atoms with E-state index in [2.05, 4.69) is 5.32 Å². The molecule has 2 aromatic carbocycles. The van der Waals surface area contributed by atoms with Gasteiger partial charge in [-0.05, 0) is 48.6 Å². The smallest absolute Gasteiger partial charge is 0.258 e. The third-order valence-electron chi connectivity index (χ3n) is 5.12. The van der Waals surface area contributed by atoms with Crippen molar-refractivity contribution >= 4 is 22.6 Å². The molecule has 1 aliphatic carbocycles. The lowest BCUT2D eigenvalue weighted by atomic mass is 10.1. The second-order valence-corrected chi connectivity index (χ2v) is 7.26. The van der Waals surface area contributed by atoms with Gasteiger partial charge in [-0.1, -0.05) is 30.3 Å². The van der Waals surface area contributed by atoms with Crippen LogP contribution in [0, 0.1) is 5.92 Å². The van der Waals surface area contributed by atoms with E-state index in [-0.39, 0.29) is 30.4 Å². The van der Waals surface area contributed by atoms with Crippen molar-refractivity contribution in [3.8, 4) is 5.75 Å². The molecule has 4 rings (SSSR count). The molecule has 2 aliphatic rings. The molecule has 0 radical (unpaired) electrons. The first-order valence-electron chi connectivity index (χ1n) is 9.39.